The van der Waals surface area contributed by atoms with Gasteiger partial charge in [-0.2, -0.15) is 0 Å². The summed E-state index contributed by atoms with van der Waals surface area (Å²) in [6.07, 6.45) is 0.615. The third kappa shape index (κ3) is 5.53. The predicted molar refractivity (Wildman–Crippen MR) is 105 cm³/mol. The summed E-state index contributed by atoms with van der Waals surface area (Å²) in [4.78, 5) is 24.3. The van der Waals surface area contributed by atoms with Crippen molar-refractivity contribution < 1.29 is 28.5 Å². The molecule has 0 aliphatic heterocycles. The van der Waals surface area contributed by atoms with Crippen LogP contribution in [-0.2, 0) is 16.0 Å². The van der Waals surface area contributed by atoms with E-state index in [9.17, 15) is 9.59 Å². The van der Waals surface area contributed by atoms with Crippen LogP contribution in [0.1, 0.15) is 15.9 Å². The Morgan fingerprint density at radius 1 is 1.00 bits per heavy atom. The van der Waals surface area contributed by atoms with Crippen molar-refractivity contribution in [2.24, 2.45) is 0 Å². The molecule has 150 valence electrons. The number of hydrogen-bond donors (Lipinski definition) is 1. The number of benzene rings is 2. The third-order valence-electron chi connectivity index (χ3n) is 3.88. The van der Waals surface area contributed by atoms with Crippen molar-refractivity contribution in [2.75, 3.05) is 34.5 Å². The molecule has 0 spiro atoms. The van der Waals surface area contributed by atoms with Crippen molar-refractivity contribution in [1.82, 2.24) is 5.32 Å². The summed E-state index contributed by atoms with van der Waals surface area (Å²) in [7, 11) is 4.31. The number of ether oxygens (including phenoxy) is 4. The van der Waals surface area contributed by atoms with E-state index < -0.39 is 18.5 Å². The van der Waals surface area contributed by atoms with Gasteiger partial charge < -0.3 is 24.3 Å². The van der Waals surface area contributed by atoms with Gasteiger partial charge in [0.1, 0.15) is 5.56 Å². The molecule has 28 heavy (non-hydrogen) atoms. The van der Waals surface area contributed by atoms with Gasteiger partial charge in [-0.25, -0.2) is 4.79 Å². The number of amides is 1. The zero-order valence-corrected chi connectivity index (χ0v) is 16.7. The van der Waals surface area contributed by atoms with Crippen LogP contribution < -0.4 is 19.5 Å². The Bertz CT molecular complexity index is 839. The van der Waals surface area contributed by atoms with Crippen molar-refractivity contribution in [3.8, 4) is 17.2 Å². The number of hydrogen-bond acceptors (Lipinski definition) is 6. The van der Waals surface area contributed by atoms with E-state index >= 15 is 0 Å². The SMILES string of the molecule is COc1ccc(C(=O)OCC(=O)NCCc2cccc(Cl)c2)c(OC)c1OC. The van der Waals surface area contributed by atoms with Gasteiger partial charge >= 0.3 is 5.97 Å². The molecule has 0 heterocycles. The monoisotopic (exact) mass is 407 g/mol. The molecule has 1 N–H and O–H groups in total. The smallest absolute Gasteiger partial charge is 0.342 e. The zero-order valence-electron chi connectivity index (χ0n) is 15.9. The highest BCUT2D eigenvalue weighted by Crippen LogP contribution is 2.39. The maximum Gasteiger partial charge on any atom is 0.342 e. The summed E-state index contributed by atoms with van der Waals surface area (Å²) in [5, 5.41) is 3.33. The van der Waals surface area contributed by atoms with Gasteiger partial charge in [0.2, 0.25) is 5.75 Å². The summed E-state index contributed by atoms with van der Waals surface area (Å²) in [5.41, 5.74) is 1.13. The average molecular weight is 408 g/mol. The van der Waals surface area contributed by atoms with Crippen molar-refractivity contribution in [1.29, 1.82) is 0 Å². The molecule has 0 aromatic heterocycles. The molecule has 7 nitrogen and oxygen atoms in total. The second kappa shape index (κ2) is 10.4. The van der Waals surface area contributed by atoms with Crippen LogP contribution in [-0.4, -0.2) is 46.4 Å². The molecule has 0 atom stereocenters. The molecule has 0 aliphatic carbocycles. The Balaban J connectivity index is 1.90. The third-order valence-corrected chi connectivity index (χ3v) is 4.12. The summed E-state index contributed by atoms with van der Waals surface area (Å²) < 4.78 is 20.7. The number of rotatable bonds is 9. The molecule has 2 aromatic rings. The molecule has 1 amide bonds. The van der Waals surface area contributed by atoms with Crippen LogP contribution in [0, 0.1) is 0 Å². The van der Waals surface area contributed by atoms with E-state index in [0.29, 0.717) is 23.7 Å². The molecule has 2 rings (SSSR count). The van der Waals surface area contributed by atoms with E-state index in [2.05, 4.69) is 5.32 Å². The van der Waals surface area contributed by atoms with Gasteiger partial charge in [-0.05, 0) is 36.2 Å². The number of esters is 1. The molecule has 0 saturated heterocycles. The first-order valence-corrected chi connectivity index (χ1v) is 8.85. The standard InChI is InChI=1S/C20H22ClNO6/c1-25-16-8-7-15(18(26-2)19(16)27-3)20(24)28-12-17(23)22-10-9-13-5-4-6-14(21)11-13/h4-8,11H,9-10,12H2,1-3H3,(H,22,23). The quantitative estimate of drug-likeness (QED) is 0.643. The van der Waals surface area contributed by atoms with Crippen LogP contribution in [0.4, 0.5) is 0 Å². The Morgan fingerprint density at radius 3 is 2.39 bits per heavy atom. The highest BCUT2D eigenvalue weighted by atomic mass is 35.5. The molecule has 8 heteroatoms. The molecule has 0 aliphatic rings. The lowest BCUT2D eigenvalue weighted by Crippen LogP contribution is -2.30. The number of carbonyl (C=O) groups is 2. The summed E-state index contributed by atoms with van der Waals surface area (Å²) in [5.74, 6) is -0.258. The van der Waals surface area contributed by atoms with Crippen LogP contribution in [0.3, 0.4) is 0 Å². The summed E-state index contributed by atoms with van der Waals surface area (Å²) in [6, 6.07) is 10.4. The number of halogens is 1. The largest absolute Gasteiger partial charge is 0.493 e. The summed E-state index contributed by atoms with van der Waals surface area (Å²) in [6.45, 7) is -0.0116. The van der Waals surface area contributed by atoms with Crippen molar-refractivity contribution in [2.45, 2.75) is 6.42 Å². The Labute approximate surface area is 168 Å². The fraction of sp³-hybridized carbons (Fsp3) is 0.300. The highest BCUT2D eigenvalue weighted by molar-refractivity contribution is 6.30. The van der Waals surface area contributed by atoms with Crippen LogP contribution in [0.25, 0.3) is 0 Å². The molecule has 0 radical (unpaired) electrons. The van der Waals surface area contributed by atoms with E-state index in [4.69, 9.17) is 30.5 Å². The van der Waals surface area contributed by atoms with Gasteiger partial charge in [0.25, 0.3) is 5.91 Å². The van der Waals surface area contributed by atoms with Gasteiger partial charge in [0, 0.05) is 11.6 Å². The Hall–Kier alpha value is -2.93. The van der Waals surface area contributed by atoms with E-state index in [1.807, 2.05) is 18.2 Å². The van der Waals surface area contributed by atoms with E-state index in [1.54, 1.807) is 12.1 Å². The molecule has 0 saturated carbocycles. The molecular formula is C20H22ClNO6. The molecule has 0 fully saturated rings. The molecule has 0 bridgehead atoms. The highest BCUT2D eigenvalue weighted by Gasteiger charge is 2.22. The van der Waals surface area contributed by atoms with E-state index in [0.717, 1.165) is 5.56 Å². The predicted octanol–water partition coefficient (Wildman–Crippen LogP) is 2.88. The molecule has 0 unspecified atom stereocenters. The first kappa shape index (κ1) is 21.4. The lowest BCUT2D eigenvalue weighted by Gasteiger charge is -2.15. The van der Waals surface area contributed by atoms with Gasteiger partial charge in [-0.15, -0.1) is 0 Å². The zero-order chi connectivity index (χ0) is 20.5. The topological polar surface area (TPSA) is 83.1 Å². The first-order chi connectivity index (χ1) is 13.5. The first-order valence-electron chi connectivity index (χ1n) is 8.47. The van der Waals surface area contributed by atoms with Crippen molar-refractivity contribution in [3.05, 3.63) is 52.5 Å². The number of methoxy groups -OCH3 is 3. The van der Waals surface area contributed by atoms with Crippen molar-refractivity contribution in [3.63, 3.8) is 0 Å². The molecular weight excluding hydrogens is 386 g/mol. The van der Waals surface area contributed by atoms with Gasteiger partial charge in [-0.1, -0.05) is 23.7 Å². The number of nitrogens with one attached hydrogen (secondary N) is 1. The minimum absolute atomic E-state index is 0.131. The van der Waals surface area contributed by atoms with Crippen LogP contribution in [0.15, 0.2) is 36.4 Å². The second-order valence-corrected chi connectivity index (χ2v) is 6.12. The summed E-state index contributed by atoms with van der Waals surface area (Å²) >= 11 is 5.92. The lowest BCUT2D eigenvalue weighted by atomic mass is 10.1. The van der Waals surface area contributed by atoms with Crippen molar-refractivity contribution >= 4 is 23.5 Å². The van der Waals surface area contributed by atoms with E-state index in [1.165, 1.54) is 27.4 Å². The fourth-order valence-corrected chi connectivity index (χ4v) is 2.77. The molecule has 2 aromatic carbocycles. The Morgan fingerprint density at radius 2 is 1.75 bits per heavy atom. The second-order valence-electron chi connectivity index (χ2n) is 5.69. The normalized spacial score (nSPS) is 10.1. The maximum absolute atomic E-state index is 12.3. The van der Waals surface area contributed by atoms with Crippen LogP contribution in [0.2, 0.25) is 5.02 Å². The fourth-order valence-electron chi connectivity index (χ4n) is 2.56. The minimum atomic E-state index is -0.706. The van der Waals surface area contributed by atoms with Gasteiger partial charge in [-0.3, -0.25) is 4.79 Å². The van der Waals surface area contributed by atoms with Gasteiger partial charge in [0.05, 0.1) is 21.3 Å². The average Bonchev–Trinajstić information content (AvgIpc) is 2.70. The lowest BCUT2D eigenvalue weighted by molar-refractivity contribution is -0.124. The van der Waals surface area contributed by atoms with Gasteiger partial charge in [0.15, 0.2) is 18.1 Å². The van der Waals surface area contributed by atoms with Crippen LogP contribution in [0.5, 0.6) is 17.2 Å². The Kier molecular flexibility index (Phi) is 7.95. The minimum Gasteiger partial charge on any atom is -0.493 e. The maximum atomic E-state index is 12.3. The number of carbonyl (C=O) groups excluding carboxylic acids is 2. The van der Waals surface area contributed by atoms with Crippen LogP contribution >= 0.6 is 11.6 Å². The van der Waals surface area contributed by atoms with E-state index in [-0.39, 0.29) is 17.1 Å².